The molecule has 3 rings (SSSR count). The van der Waals surface area contributed by atoms with Crippen LogP contribution in [-0.2, 0) is 20.6 Å². The molecule has 27 heavy (non-hydrogen) atoms. The molecule has 5 nitrogen and oxygen atoms in total. The Kier molecular flexibility index (Phi) is 5.57. The SMILES string of the molecule is COC(=O)c1cccc(CS(=O)(=O)Oc2ccccc2-c2ccccc2)c1. The van der Waals surface area contributed by atoms with Crippen LogP contribution < -0.4 is 4.18 Å². The van der Waals surface area contributed by atoms with Crippen molar-refractivity contribution in [1.29, 1.82) is 0 Å². The maximum atomic E-state index is 12.6. The van der Waals surface area contributed by atoms with Gasteiger partial charge in [0, 0.05) is 5.56 Å². The Balaban J connectivity index is 1.85. The lowest BCUT2D eigenvalue weighted by molar-refractivity contribution is 0.0600. The summed E-state index contributed by atoms with van der Waals surface area (Å²) in [6, 6.07) is 22.6. The third-order valence-corrected chi connectivity index (χ3v) is 5.00. The first kappa shape index (κ1) is 18.7. The standard InChI is InChI=1S/C21H18O5S/c1-25-21(22)18-11-7-8-16(14-18)15-27(23,24)26-20-13-6-5-12-19(20)17-9-3-2-4-10-17/h2-14H,15H2,1H3. The molecule has 0 N–H and O–H groups in total. The molecular weight excluding hydrogens is 364 g/mol. The highest BCUT2D eigenvalue weighted by Crippen LogP contribution is 2.31. The molecular formula is C21H18O5S. The summed E-state index contributed by atoms with van der Waals surface area (Å²) >= 11 is 0. The number of ether oxygens (including phenoxy) is 1. The fraction of sp³-hybridized carbons (Fsp3) is 0.0952. The number of para-hydroxylation sites is 1. The number of esters is 1. The molecule has 0 aliphatic carbocycles. The van der Waals surface area contributed by atoms with Crippen molar-refractivity contribution in [3.05, 3.63) is 90.0 Å². The van der Waals surface area contributed by atoms with E-state index < -0.39 is 16.1 Å². The summed E-state index contributed by atoms with van der Waals surface area (Å²) in [6.45, 7) is 0. The normalized spacial score (nSPS) is 11.0. The number of carbonyl (C=O) groups excluding carboxylic acids is 1. The van der Waals surface area contributed by atoms with Gasteiger partial charge in [-0.05, 0) is 29.3 Å². The predicted octanol–water partition coefficient (Wildman–Crippen LogP) is 4.05. The number of methoxy groups -OCH3 is 1. The highest BCUT2D eigenvalue weighted by Gasteiger charge is 2.18. The molecule has 0 spiro atoms. The minimum Gasteiger partial charge on any atom is -0.465 e. The van der Waals surface area contributed by atoms with Crippen LogP contribution in [0.2, 0.25) is 0 Å². The lowest BCUT2D eigenvalue weighted by Crippen LogP contribution is -2.13. The summed E-state index contributed by atoms with van der Waals surface area (Å²) in [4.78, 5) is 11.6. The van der Waals surface area contributed by atoms with Crippen LogP contribution in [0.4, 0.5) is 0 Å². The summed E-state index contributed by atoms with van der Waals surface area (Å²) in [7, 11) is -2.65. The zero-order valence-electron chi connectivity index (χ0n) is 14.7. The molecule has 0 heterocycles. The topological polar surface area (TPSA) is 69.7 Å². The maximum absolute atomic E-state index is 12.6. The summed E-state index contributed by atoms with van der Waals surface area (Å²) < 4.78 is 35.2. The minimum atomic E-state index is -3.92. The highest BCUT2D eigenvalue weighted by molar-refractivity contribution is 7.86. The second kappa shape index (κ2) is 8.05. The molecule has 0 atom stereocenters. The zero-order chi connectivity index (χ0) is 19.3. The molecule has 6 heteroatoms. The molecule has 0 aliphatic rings. The van der Waals surface area contributed by atoms with Gasteiger partial charge in [-0.1, -0.05) is 60.7 Å². The van der Waals surface area contributed by atoms with Gasteiger partial charge in [0.05, 0.1) is 12.7 Å². The van der Waals surface area contributed by atoms with E-state index in [0.717, 1.165) is 5.56 Å². The first-order chi connectivity index (χ1) is 13.0. The number of hydrogen-bond acceptors (Lipinski definition) is 5. The van der Waals surface area contributed by atoms with Gasteiger partial charge >= 0.3 is 16.1 Å². The van der Waals surface area contributed by atoms with Gasteiger partial charge in [0.2, 0.25) is 0 Å². The van der Waals surface area contributed by atoms with Gasteiger partial charge in [0.15, 0.2) is 0 Å². The predicted molar refractivity (Wildman–Crippen MR) is 103 cm³/mol. The maximum Gasteiger partial charge on any atom is 0.337 e. The van der Waals surface area contributed by atoms with Gasteiger partial charge in [-0.3, -0.25) is 0 Å². The molecule has 0 bridgehead atoms. The van der Waals surface area contributed by atoms with Gasteiger partial charge < -0.3 is 8.92 Å². The summed E-state index contributed by atoms with van der Waals surface area (Å²) in [6.07, 6.45) is 0. The average Bonchev–Trinajstić information content (AvgIpc) is 2.68. The third kappa shape index (κ3) is 4.74. The van der Waals surface area contributed by atoms with E-state index in [1.807, 2.05) is 36.4 Å². The fourth-order valence-electron chi connectivity index (χ4n) is 2.67. The molecule has 0 unspecified atom stereocenters. The highest BCUT2D eigenvalue weighted by atomic mass is 32.2. The molecule has 0 saturated carbocycles. The quantitative estimate of drug-likeness (QED) is 0.475. The van der Waals surface area contributed by atoms with Crippen LogP contribution in [0.15, 0.2) is 78.9 Å². The fourth-order valence-corrected chi connectivity index (χ4v) is 3.74. The molecule has 3 aromatic rings. The molecule has 0 amide bonds. The van der Waals surface area contributed by atoms with Crippen LogP contribution in [-0.4, -0.2) is 21.5 Å². The zero-order valence-corrected chi connectivity index (χ0v) is 15.5. The Hall–Kier alpha value is -3.12. The van der Waals surface area contributed by atoms with Gasteiger partial charge in [-0.15, -0.1) is 0 Å². The van der Waals surface area contributed by atoms with Crippen molar-refractivity contribution in [2.24, 2.45) is 0 Å². The Morgan fingerprint density at radius 1 is 0.889 bits per heavy atom. The van der Waals surface area contributed by atoms with E-state index in [2.05, 4.69) is 4.74 Å². The van der Waals surface area contributed by atoms with Gasteiger partial charge in [0.1, 0.15) is 11.5 Å². The summed E-state index contributed by atoms with van der Waals surface area (Å²) in [5.74, 6) is -0.626. The summed E-state index contributed by atoms with van der Waals surface area (Å²) in [5.41, 5.74) is 2.27. The van der Waals surface area contributed by atoms with Crippen molar-refractivity contribution < 1.29 is 22.1 Å². The monoisotopic (exact) mass is 382 g/mol. The van der Waals surface area contributed by atoms with E-state index in [1.54, 1.807) is 36.4 Å². The van der Waals surface area contributed by atoms with Crippen LogP contribution in [0.1, 0.15) is 15.9 Å². The van der Waals surface area contributed by atoms with Gasteiger partial charge in [0.25, 0.3) is 0 Å². The van der Waals surface area contributed by atoms with Crippen LogP contribution in [0.3, 0.4) is 0 Å². The Bertz CT molecular complexity index is 1040. The minimum absolute atomic E-state index is 0.257. The molecule has 138 valence electrons. The number of hydrogen-bond donors (Lipinski definition) is 0. The van der Waals surface area contributed by atoms with Crippen LogP contribution >= 0.6 is 0 Å². The largest absolute Gasteiger partial charge is 0.465 e. The van der Waals surface area contributed by atoms with Crippen molar-refractivity contribution in [2.45, 2.75) is 5.75 Å². The molecule has 0 saturated heterocycles. The van der Waals surface area contributed by atoms with E-state index in [4.69, 9.17) is 4.18 Å². The van der Waals surface area contributed by atoms with Crippen molar-refractivity contribution in [2.75, 3.05) is 7.11 Å². The van der Waals surface area contributed by atoms with E-state index in [-0.39, 0.29) is 17.1 Å². The van der Waals surface area contributed by atoms with Crippen molar-refractivity contribution in [3.8, 4) is 16.9 Å². The van der Waals surface area contributed by atoms with E-state index >= 15 is 0 Å². The average molecular weight is 382 g/mol. The Morgan fingerprint density at radius 3 is 2.33 bits per heavy atom. The second-order valence-corrected chi connectivity index (χ2v) is 7.41. The van der Waals surface area contributed by atoms with E-state index in [9.17, 15) is 13.2 Å². The molecule has 0 radical (unpaired) electrons. The van der Waals surface area contributed by atoms with Crippen molar-refractivity contribution in [3.63, 3.8) is 0 Å². The Morgan fingerprint density at radius 2 is 1.59 bits per heavy atom. The molecule has 0 aliphatic heterocycles. The molecule has 0 fully saturated rings. The number of benzene rings is 3. The number of rotatable bonds is 6. The van der Waals surface area contributed by atoms with Crippen LogP contribution in [0.25, 0.3) is 11.1 Å². The Labute approximate surface area is 158 Å². The third-order valence-electron chi connectivity index (χ3n) is 3.88. The first-order valence-corrected chi connectivity index (χ1v) is 9.80. The smallest absolute Gasteiger partial charge is 0.337 e. The lowest BCUT2D eigenvalue weighted by Gasteiger charge is -2.12. The second-order valence-electron chi connectivity index (χ2n) is 5.84. The lowest BCUT2D eigenvalue weighted by atomic mass is 10.1. The summed E-state index contributed by atoms with van der Waals surface area (Å²) in [5, 5.41) is 0. The van der Waals surface area contributed by atoms with Crippen molar-refractivity contribution >= 4 is 16.1 Å². The molecule has 3 aromatic carbocycles. The van der Waals surface area contributed by atoms with E-state index in [1.165, 1.54) is 13.2 Å². The first-order valence-electron chi connectivity index (χ1n) is 8.22. The van der Waals surface area contributed by atoms with Gasteiger partial charge in [-0.2, -0.15) is 8.42 Å². The van der Waals surface area contributed by atoms with Crippen LogP contribution in [0.5, 0.6) is 5.75 Å². The van der Waals surface area contributed by atoms with Crippen molar-refractivity contribution in [1.82, 2.24) is 0 Å². The number of carbonyl (C=O) groups is 1. The van der Waals surface area contributed by atoms with Gasteiger partial charge in [-0.25, -0.2) is 4.79 Å². The molecule has 0 aromatic heterocycles. The van der Waals surface area contributed by atoms with Crippen LogP contribution in [0, 0.1) is 0 Å². The van der Waals surface area contributed by atoms with E-state index in [0.29, 0.717) is 11.1 Å².